The molecule has 0 atom stereocenters. The summed E-state index contributed by atoms with van der Waals surface area (Å²) in [4.78, 5) is 33.4. The van der Waals surface area contributed by atoms with Gasteiger partial charge >= 0.3 is 6.09 Å². The van der Waals surface area contributed by atoms with Gasteiger partial charge in [-0.2, -0.15) is 4.31 Å². The van der Waals surface area contributed by atoms with Gasteiger partial charge in [0.1, 0.15) is 11.5 Å². The van der Waals surface area contributed by atoms with Crippen LogP contribution in [0, 0.1) is 0 Å². The van der Waals surface area contributed by atoms with Crippen molar-refractivity contribution >= 4 is 48.7 Å². The van der Waals surface area contributed by atoms with Gasteiger partial charge in [-0.3, -0.25) is 9.69 Å². The summed E-state index contributed by atoms with van der Waals surface area (Å²) >= 11 is 1.34. The molecular weight excluding hydrogens is 556 g/mol. The average Bonchev–Trinajstić information content (AvgIpc) is 3.65. The number of thiazole rings is 1. The van der Waals surface area contributed by atoms with Crippen molar-refractivity contribution < 1.29 is 31.9 Å². The molecule has 13 heteroatoms. The number of carbonyl (C=O) groups excluding carboxylic acids is 2. The van der Waals surface area contributed by atoms with Gasteiger partial charge in [-0.15, -0.1) is 0 Å². The number of amides is 2. The predicted octanol–water partition coefficient (Wildman–Crippen LogP) is 4.21. The van der Waals surface area contributed by atoms with E-state index in [0.29, 0.717) is 22.2 Å². The van der Waals surface area contributed by atoms with E-state index in [-0.39, 0.29) is 50.1 Å². The molecule has 0 saturated carbocycles. The number of anilines is 1. The SMILES string of the molecule is CCOC(=O)N1CCN(S(=O)(=O)c2ccc(C(=O)N(Cc3ccco3)c3nc4ccc(OC)cc4s3)cc2)CC1. The number of methoxy groups -OCH3 is 1. The van der Waals surface area contributed by atoms with Gasteiger partial charge in [0.15, 0.2) is 5.13 Å². The van der Waals surface area contributed by atoms with Crippen molar-refractivity contribution in [1.29, 1.82) is 0 Å². The largest absolute Gasteiger partial charge is 0.497 e. The Bertz CT molecular complexity index is 1590. The number of nitrogens with zero attached hydrogens (tertiary/aromatic N) is 4. The number of ether oxygens (including phenoxy) is 2. The van der Waals surface area contributed by atoms with E-state index in [1.54, 1.807) is 32.2 Å². The molecule has 1 saturated heterocycles. The molecular formula is C27H28N4O7S2. The van der Waals surface area contributed by atoms with Crippen LogP contribution in [0.2, 0.25) is 0 Å². The maximum absolute atomic E-state index is 13.7. The van der Waals surface area contributed by atoms with Gasteiger partial charge in [-0.25, -0.2) is 18.2 Å². The lowest BCUT2D eigenvalue weighted by Crippen LogP contribution is -2.50. The van der Waals surface area contributed by atoms with Crippen molar-refractivity contribution in [3.63, 3.8) is 0 Å². The molecule has 2 aromatic carbocycles. The first kappa shape index (κ1) is 27.6. The normalized spacial score (nSPS) is 14.3. The monoisotopic (exact) mass is 584 g/mol. The summed E-state index contributed by atoms with van der Waals surface area (Å²) < 4.78 is 44.5. The molecule has 1 aliphatic rings. The van der Waals surface area contributed by atoms with Crippen LogP contribution in [0.5, 0.6) is 5.75 Å². The summed E-state index contributed by atoms with van der Waals surface area (Å²) in [5, 5.41) is 0.473. The van der Waals surface area contributed by atoms with E-state index in [0.717, 1.165) is 10.2 Å². The molecule has 0 unspecified atom stereocenters. The van der Waals surface area contributed by atoms with E-state index in [9.17, 15) is 18.0 Å². The number of carbonyl (C=O) groups is 2. The quantitative estimate of drug-likeness (QED) is 0.302. The fourth-order valence-electron chi connectivity index (χ4n) is 4.32. The van der Waals surface area contributed by atoms with E-state index in [2.05, 4.69) is 4.98 Å². The van der Waals surface area contributed by atoms with Crippen LogP contribution in [0.4, 0.5) is 9.93 Å². The zero-order valence-electron chi connectivity index (χ0n) is 22.0. The highest BCUT2D eigenvalue weighted by atomic mass is 32.2. The molecule has 0 spiro atoms. The standard InChI is InChI=1S/C27H28N4O7S2/c1-3-37-27(33)29-12-14-30(15-13-29)40(34,35)22-9-6-19(7-10-22)25(32)31(18-21-5-4-16-38-21)26-28-23-11-8-20(36-2)17-24(23)39-26/h4-11,16-17H,3,12-15,18H2,1-2H3. The lowest BCUT2D eigenvalue weighted by molar-refractivity contribution is 0.0933. The molecule has 1 fully saturated rings. The minimum absolute atomic E-state index is 0.0679. The third-order valence-electron chi connectivity index (χ3n) is 6.46. The first-order chi connectivity index (χ1) is 19.3. The van der Waals surface area contributed by atoms with E-state index in [4.69, 9.17) is 13.9 Å². The number of sulfonamides is 1. The smallest absolute Gasteiger partial charge is 0.409 e. The zero-order valence-corrected chi connectivity index (χ0v) is 23.6. The highest BCUT2D eigenvalue weighted by Crippen LogP contribution is 2.33. The van der Waals surface area contributed by atoms with Gasteiger partial charge in [-0.05, 0) is 61.5 Å². The van der Waals surface area contributed by atoms with E-state index in [1.165, 1.54) is 56.0 Å². The molecule has 40 heavy (non-hydrogen) atoms. The summed E-state index contributed by atoms with van der Waals surface area (Å²) in [6, 6.07) is 14.9. The molecule has 11 nitrogen and oxygen atoms in total. The Morgan fingerprint density at radius 3 is 2.48 bits per heavy atom. The minimum Gasteiger partial charge on any atom is -0.497 e. The van der Waals surface area contributed by atoms with Gasteiger partial charge in [0.05, 0.1) is 41.6 Å². The van der Waals surface area contributed by atoms with E-state index >= 15 is 0 Å². The predicted molar refractivity (Wildman–Crippen MR) is 149 cm³/mol. The Morgan fingerprint density at radius 1 is 1.07 bits per heavy atom. The molecule has 0 aliphatic carbocycles. The van der Waals surface area contributed by atoms with E-state index < -0.39 is 16.1 Å². The second kappa shape index (κ2) is 11.7. The lowest BCUT2D eigenvalue weighted by Gasteiger charge is -2.33. The maximum Gasteiger partial charge on any atom is 0.409 e. The van der Waals surface area contributed by atoms with Crippen molar-refractivity contribution in [2.75, 3.05) is 44.8 Å². The second-order valence-electron chi connectivity index (χ2n) is 8.92. The maximum atomic E-state index is 13.7. The van der Waals surface area contributed by atoms with Crippen molar-refractivity contribution in [3.05, 3.63) is 72.2 Å². The summed E-state index contributed by atoms with van der Waals surface area (Å²) in [6.45, 7) is 2.92. The fraction of sp³-hybridized carbons (Fsp3) is 0.296. The Morgan fingerprint density at radius 2 is 1.82 bits per heavy atom. The molecule has 0 N–H and O–H groups in total. The zero-order chi connectivity index (χ0) is 28.3. The molecule has 4 aromatic rings. The molecule has 210 valence electrons. The lowest BCUT2D eigenvalue weighted by atomic mass is 10.2. The third-order valence-corrected chi connectivity index (χ3v) is 9.41. The number of hydrogen-bond acceptors (Lipinski definition) is 9. The van der Waals surface area contributed by atoms with Crippen LogP contribution in [0.15, 0.2) is 70.2 Å². The average molecular weight is 585 g/mol. The number of furan rings is 1. The highest BCUT2D eigenvalue weighted by Gasteiger charge is 2.31. The van der Waals surface area contributed by atoms with Crippen LogP contribution in [0.3, 0.4) is 0 Å². The van der Waals surface area contributed by atoms with Crippen LogP contribution in [-0.2, 0) is 21.3 Å². The molecule has 5 rings (SSSR count). The van der Waals surface area contributed by atoms with E-state index in [1.807, 2.05) is 12.1 Å². The molecule has 2 aromatic heterocycles. The van der Waals surface area contributed by atoms with Crippen molar-refractivity contribution in [1.82, 2.24) is 14.2 Å². The number of rotatable bonds is 8. The van der Waals surface area contributed by atoms with Gasteiger partial charge in [0.2, 0.25) is 10.0 Å². The number of fused-ring (bicyclic) bond motifs is 1. The van der Waals surface area contributed by atoms with Gasteiger partial charge in [-0.1, -0.05) is 11.3 Å². The Balaban J connectivity index is 1.36. The van der Waals surface area contributed by atoms with Gasteiger partial charge < -0.3 is 18.8 Å². The first-order valence-electron chi connectivity index (χ1n) is 12.6. The second-order valence-corrected chi connectivity index (χ2v) is 11.9. The molecule has 0 bridgehead atoms. The fourth-order valence-corrected chi connectivity index (χ4v) is 6.73. The Kier molecular flexibility index (Phi) is 8.05. The van der Waals surface area contributed by atoms with Crippen LogP contribution in [0.25, 0.3) is 10.2 Å². The topological polar surface area (TPSA) is 122 Å². The minimum atomic E-state index is -3.81. The molecule has 0 radical (unpaired) electrons. The van der Waals surface area contributed by atoms with Crippen molar-refractivity contribution in [2.45, 2.75) is 18.4 Å². The Labute approximate surface area is 235 Å². The summed E-state index contributed by atoms with van der Waals surface area (Å²) in [6.07, 6.45) is 1.08. The van der Waals surface area contributed by atoms with Gasteiger partial charge in [0, 0.05) is 31.7 Å². The third kappa shape index (κ3) is 5.67. The van der Waals surface area contributed by atoms with Crippen LogP contribution < -0.4 is 9.64 Å². The molecule has 2 amide bonds. The van der Waals surface area contributed by atoms with Crippen LogP contribution in [0.1, 0.15) is 23.0 Å². The van der Waals surface area contributed by atoms with Gasteiger partial charge in [0.25, 0.3) is 5.91 Å². The van der Waals surface area contributed by atoms with Crippen molar-refractivity contribution in [2.24, 2.45) is 0 Å². The summed E-state index contributed by atoms with van der Waals surface area (Å²) in [5.41, 5.74) is 1.03. The van der Waals surface area contributed by atoms with Crippen LogP contribution >= 0.6 is 11.3 Å². The number of hydrogen-bond donors (Lipinski definition) is 0. The summed E-state index contributed by atoms with van der Waals surface area (Å²) in [5.74, 6) is 0.909. The Hall–Kier alpha value is -3.94. The molecule has 1 aliphatic heterocycles. The summed E-state index contributed by atoms with van der Waals surface area (Å²) in [7, 11) is -2.22. The number of aromatic nitrogens is 1. The number of benzene rings is 2. The highest BCUT2D eigenvalue weighted by molar-refractivity contribution is 7.89. The molecule has 3 heterocycles. The van der Waals surface area contributed by atoms with Crippen LogP contribution in [-0.4, -0.2) is 74.5 Å². The van der Waals surface area contributed by atoms with Crippen molar-refractivity contribution in [3.8, 4) is 5.75 Å². The first-order valence-corrected chi connectivity index (χ1v) is 14.9. The number of piperazine rings is 1.